The summed E-state index contributed by atoms with van der Waals surface area (Å²) in [6.45, 7) is -1.61. The zero-order valence-electron chi connectivity index (χ0n) is 10.3. The predicted octanol–water partition coefficient (Wildman–Crippen LogP) is 3.47. The SMILES string of the molecule is COCc1[nH]c(COCC(F)(F)C(F)F)nc(=S)c1Br. The minimum Gasteiger partial charge on any atom is -0.378 e. The molecule has 0 aliphatic carbocycles. The van der Waals surface area contributed by atoms with E-state index in [1.807, 2.05) is 0 Å². The summed E-state index contributed by atoms with van der Waals surface area (Å²) in [4.78, 5) is 6.64. The van der Waals surface area contributed by atoms with Crippen LogP contribution in [0.15, 0.2) is 4.47 Å². The average molecular weight is 379 g/mol. The maximum absolute atomic E-state index is 12.6. The smallest absolute Gasteiger partial charge is 0.330 e. The third kappa shape index (κ3) is 4.76. The molecule has 10 heteroatoms. The summed E-state index contributed by atoms with van der Waals surface area (Å²) in [5.74, 6) is -4.04. The summed E-state index contributed by atoms with van der Waals surface area (Å²) in [5.41, 5.74) is 0.548. The van der Waals surface area contributed by atoms with E-state index in [0.717, 1.165) is 0 Å². The zero-order chi connectivity index (χ0) is 15.3. The van der Waals surface area contributed by atoms with E-state index < -0.39 is 25.6 Å². The first kappa shape index (κ1) is 17.5. The molecule has 114 valence electrons. The molecule has 20 heavy (non-hydrogen) atoms. The van der Waals surface area contributed by atoms with Crippen molar-refractivity contribution in [2.75, 3.05) is 13.7 Å². The first-order valence-corrected chi connectivity index (χ1v) is 6.48. The number of aromatic nitrogens is 2. The monoisotopic (exact) mass is 378 g/mol. The Bertz CT molecular complexity index is 513. The fraction of sp³-hybridized carbons (Fsp3) is 0.600. The summed E-state index contributed by atoms with van der Waals surface area (Å²) in [7, 11) is 1.46. The fourth-order valence-electron chi connectivity index (χ4n) is 1.22. The molecule has 0 amide bonds. The van der Waals surface area contributed by atoms with Crippen LogP contribution in [0.5, 0.6) is 0 Å². The van der Waals surface area contributed by atoms with E-state index in [4.69, 9.17) is 17.0 Å². The average Bonchev–Trinajstić information content (AvgIpc) is 2.35. The minimum absolute atomic E-state index is 0.148. The Morgan fingerprint density at radius 3 is 2.60 bits per heavy atom. The highest BCUT2D eigenvalue weighted by Crippen LogP contribution is 2.23. The van der Waals surface area contributed by atoms with Gasteiger partial charge in [-0.05, 0) is 15.9 Å². The minimum atomic E-state index is -4.19. The lowest BCUT2D eigenvalue weighted by Gasteiger charge is -2.15. The molecule has 0 saturated heterocycles. The largest absolute Gasteiger partial charge is 0.378 e. The number of ether oxygens (including phenoxy) is 2. The van der Waals surface area contributed by atoms with Gasteiger partial charge in [-0.15, -0.1) is 0 Å². The quantitative estimate of drug-likeness (QED) is 0.582. The van der Waals surface area contributed by atoms with Crippen molar-refractivity contribution in [3.8, 4) is 0 Å². The molecule has 0 fully saturated rings. The molecule has 0 radical (unpaired) electrons. The Balaban J connectivity index is 2.72. The summed E-state index contributed by atoms with van der Waals surface area (Å²) < 4.78 is 59.3. The van der Waals surface area contributed by atoms with E-state index in [0.29, 0.717) is 10.2 Å². The first-order valence-electron chi connectivity index (χ1n) is 5.28. The number of aromatic amines is 1. The van der Waals surface area contributed by atoms with Crippen molar-refractivity contribution >= 4 is 28.1 Å². The Morgan fingerprint density at radius 2 is 2.05 bits per heavy atom. The van der Waals surface area contributed by atoms with Gasteiger partial charge in [0.25, 0.3) is 0 Å². The molecular formula is C10H11BrF4N2O2S. The summed E-state index contributed by atoms with van der Waals surface area (Å²) in [6.07, 6.45) is -3.78. The molecule has 1 N–H and O–H groups in total. The second-order valence-electron chi connectivity index (χ2n) is 3.77. The topological polar surface area (TPSA) is 47.1 Å². The molecule has 0 atom stereocenters. The molecule has 0 aromatic carbocycles. The van der Waals surface area contributed by atoms with Crippen LogP contribution in [-0.2, 0) is 22.7 Å². The lowest BCUT2D eigenvalue weighted by Crippen LogP contribution is -2.32. The van der Waals surface area contributed by atoms with Gasteiger partial charge >= 0.3 is 12.3 Å². The molecule has 1 aromatic rings. The highest BCUT2D eigenvalue weighted by Gasteiger charge is 2.40. The van der Waals surface area contributed by atoms with Gasteiger partial charge < -0.3 is 14.5 Å². The van der Waals surface area contributed by atoms with Gasteiger partial charge in [-0.3, -0.25) is 0 Å². The highest BCUT2D eigenvalue weighted by molar-refractivity contribution is 9.10. The molecule has 0 aliphatic rings. The number of rotatable bonds is 7. The van der Waals surface area contributed by atoms with Crippen molar-refractivity contribution in [3.05, 3.63) is 20.6 Å². The van der Waals surface area contributed by atoms with E-state index >= 15 is 0 Å². The van der Waals surface area contributed by atoms with Crippen LogP contribution >= 0.6 is 28.1 Å². The molecule has 4 nitrogen and oxygen atoms in total. The second-order valence-corrected chi connectivity index (χ2v) is 4.95. The maximum atomic E-state index is 12.6. The molecular weight excluding hydrogens is 368 g/mol. The van der Waals surface area contributed by atoms with Gasteiger partial charge in [0, 0.05) is 7.11 Å². The third-order valence-electron chi connectivity index (χ3n) is 2.13. The zero-order valence-corrected chi connectivity index (χ0v) is 12.7. The van der Waals surface area contributed by atoms with E-state index in [2.05, 4.69) is 30.6 Å². The van der Waals surface area contributed by atoms with Crippen molar-refractivity contribution in [1.82, 2.24) is 9.97 Å². The van der Waals surface area contributed by atoms with Crippen molar-refractivity contribution in [2.24, 2.45) is 0 Å². The lowest BCUT2D eigenvalue weighted by atomic mass is 10.4. The number of hydrogen-bond acceptors (Lipinski definition) is 4. The van der Waals surface area contributed by atoms with E-state index in [-0.39, 0.29) is 17.1 Å². The van der Waals surface area contributed by atoms with Gasteiger partial charge in [0.2, 0.25) is 0 Å². The van der Waals surface area contributed by atoms with E-state index in [1.165, 1.54) is 7.11 Å². The van der Waals surface area contributed by atoms with Crippen molar-refractivity contribution in [1.29, 1.82) is 0 Å². The maximum Gasteiger partial charge on any atom is 0.330 e. The Labute approximate surface area is 125 Å². The van der Waals surface area contributed by atoms with Crippen LogP contribution in [0.2, 0.25) is 0 Å². The number of nitrogens with one attached hydrogen (secondary N) is 1. The number of hydrogen-bond donors (Lipinski definition) is 1. The number of nitrogens with zero attached hydrogens (tertiary/aromatic N) is 1. The standard InChI is InChI=1S/C10H11BrF4N2O2S/c1-18-2-5-7(11)8(20)17-6(16-5)3-19-4-10(14,15)9(12)13/h9H,2-4H2,1H3,(H,16,17,20). The van der Waals surface area contributed by atoms with Gasteiger partial charge in [0.1, 0.15) is 23.7 Å². The normalized spacial score (nSPS) is 12.2. The van der Waals surface area contributed by atoms with Gasteiger partial charge in [-0.2, -0.15) is 8.78 Å². The van der Waals surface area contributed by atoms with Crippen molar-refractivity contribution < 1.29 is 27.0 Å². The Kier molecular flexibility index (Phi) is 6.49. The van der Waals surface area contributed by atoms with Crippen LogP contribution in [0.25, 0.3) is 0 Å². The third-order valence-corrected chi connectivity index (χ3v) is 3.54. The highest BCUT2D eigenvalue weighted by atomic mass is 79.9. The first-order chi connectivity index (χ1) is 9.27. The van der Waals surface area contributed by atoms with Crippen LogP contribution in [-0.4, -0.2) is 36.0 Å². The molecule has 0 unspecified atom stereocenters. The second kappa shape index (κ2) is 7.43. The summed E-state index contributed by atoms with van der Waals surface area (Å²) in [6, 6.07) is 0. The molecule has 1 rings (SSSR count). The predicted molar refractivity (Wildman–Crippen MR) is 68.4 cm³/mol. The Morgan fingerprint density at radius 1 is 1.40 bits per heavy atom. The van der Waals surface area contributed by atoms with Crippen LogP contribution in [0, 0.1) is 4.64 Å². The van der Waals surface area contributed by atoms with Crippen molar-refractivity contribution in [2.45, 2.75) is 25.6 Å². The number of alkyl halides is 4. The number of methoxy groups -OCH3 is 1. The lowest BCUT2D eigenvalue weighted by molar-refractivity contribution is -0.168. The van der Waals surface area contributed by atoms with E-state index in [1.54, 1.807) is 0 Å². The van der Waals surface area contributed by atoms with Gasteiger partial charge in [0.15, 0.2) is 0 Å². The summed E-state index contributed by atoms with van der Waals surface area (Å²) in [5, 5.41) is 0. The molecule has 1 heterocycles. The van der Waals surface area contributed by atoms with Gasteiger partial charge in [0.05, 0.1) is 16.8 Å². The summed E-state index contributed by atoms with van der Waals surface area (Å²) >= 11 is 8.15. The van der Waals surface area contributed by atoms with Crippen LogP contribution in [0.4, 0.5) is 17.6 Å². The van der Waals surface area contributed by atoms with Crippen LogP contribution in [0.1, 0.15) is 11.5 Å². The molecule has 1 aromatic heterocycles. The fourth-order valence-corrected chi connectivity index (χ4v) is 1.75. The van der Waals surface area contributed by atoms with Crippen molar-refractivity contribution in [3.63, 3.8) is 0 Å². The van der Waals surface area contributed by atoms with Crippen LogP contribution < -0.4 is 0 Å². The molecule has 0 saturated carbocycles. The molecule has 0 spiro atoms. The van der Waals surface area contributed by atoms with Crippen LogP contribution in [0.3, 0.4) is 0 Å². The molecule has 0 bridgehead atoms. The molecule has 0 aliphatic heterocycles. The Hall–Kier alpha value is -0.580. The van der Waals surface area contributed by atoms with Gasteiger partial charge in [-0.1, -0.05) is 12.2 Å². The van der Waals surface area contributed by atoms with Gasteiger partial charge in [-0.25, -0.2) is 13.8 Å². The number of H-pyrrole nitrogens is 1. The van der Waals surface area contributed by atoms with E-state index in [9.17, 15) is 17.6 Å². The number of halogens is 5.